The number of anilines is 2. The maximum absolute atomic E-state index is 15.1. The normalized spacial score (nSPS) is 24.9. The van der Waals surface area contributed by atoms with Gasteiger partial charge in [-0.25, -0.2) is 9.37 Å². The molecule has 3 fully saturated rings. The molecule has 1 amide bonds. The van der Waals surface area contributed by atoms with Gasteiger partial charge in [0, 0.05) is 38.0 Å². The maximum Gasteiger partial charge on any atom is 0.228 e. The number of methoxy groups -OCH3 is 2. The van der Waals surface area contributed by atoms with Gasteiger partial charge >= 0.3 is 0 Å². The Bertz CT molecular complexity index is 1040. The van der Waals surface area contributed by atoms with Gasteiger partial charge in [-0.1, -0.05) is 19.3 Å². The van der Waals surface area contributed by atoms with Gasteiger partial charge in [0.1, 0.15) is 11.3 Å². The molecule has 178 valence electrons. The van der Waals surface area contributed by atoms with Crippen molar-refractivity contribution in [2.75, 3.05) is 51.0 Å². The van der Waals surface area contributed by atoms with E-state index in [0.29, 0.717) is 49.9 Å². The molecular formula is C24H32FN5O3. The number of amides is 1. The molecule has 1 aliphatic heterocycles. The van der Waals surface area contributed by atoms with Gasteiger partial charge in [-0.15, -0.1) is 0 Å². The van der Waals surface area contributed by atoms with Crippen LogP contribution in [0.3, 0.4) is 0 Å². The summed E-state index contributed by atoms with van der Waals surface area (Å²) in [5, 5.41) is 0.379. The molecule has 2 saturated carbocycles. The van der Waals surface area contributed by atoms with Crippen molar-refractivity contribution in [3.63, 3.8) is 0 Å². The molecule has 8 nitrogen and oxygen atoms in total. The average molecular weight is 458 g/mol. The van der Waals surface area contributed by atoms with E-state index in [1.54, 1.807) is 6.07 Å². The Morgan fingerprint density at radius 2 is 1.82 bits per heavy atom. The second-order valence-electron chi connectivity index (χ2n) is 9.59. The molecule has 3 aliphatic rings. The second-order valence-corrected chi connectivity index (χ2v) is 9.59. The first-order valence-corrected chi connectivity index (χ1v) is 11.9. The first-order chi connectivity index (χ1) is 16.0. The SMILES string of the molecule is COc1cc2c(N)nc(N3CCN(C(=O)CC4C[C@H]5CCC[C@H]5C4)CC3)nc2c(F)c1OC. The fourth-order valence-electron chi connectivity index (χ4n) is 6.07. The number of rotatable bonds is 5. The van der Waals surface area contributed by atoms with Crippen molar-refractivity contribution in [1.29, 1.82) is 0 Å². The summed E-state index contributed by atoms with van der Waals surface area (Å²) in [5.74, 6) is 2.65. The number of carbonyl (C=O) groups excluding carboxylic acids is 1. The topological polar surface area (TPSA) is 93.8 Å². The summed E-state index contributed by atoms with van der Waals surface area (Å²) in [6, 6.07) is 1.59. The van der Waals surface area contributed by atoms with Gasteiger partial charge in [0.2, 0.25) is 11.9 Å². The summed E-state index contributed by atoms with van der Waals surface area (Å²) < 4.78 is 25.4. The lowest BCUT2D eigenvalue weighted by atomic mass is 9.99. The Labute approximate surface area is 193 Å². The standard InChI is InChI=1S/C24H32FN5O3/c1-32-18-13-17-21(20(25)22(18)33-2)27-24(28-23(17)26)30-8-6-29(7-9-30)19(31)12-14-10-15-4-3-5-16(15)11-14/h13-16H,3-12H2,1-2H3,(H2,26,27,28)/t14?,15-,16+. The molecule has 33 heavy (non-hydrogen) atoms. The highest BCUT2D eigenvalue weighted by molar-refractivity contribution is 5.92. The second kappa shape index (κ2) is 8.83. The van der Waals surface area contributed by atoms with E-state index in [-0.39, 0.29) is 28.7 Å². The molecule has 2 heterocycles. The predicted octanol–water partition coefficient (Wildman–Crippen LogP) is 3.23. The maximum atomic E-state index is 15.1. The summed E-state index contributed by atoms with van der Waals surface area (Å²) in [7, 11) is 2.82. The van der Waals surface area contributed by atoms with Crippen LogP contribution in [0.1, 0.15) is 38.5 Å². The van der Waals surface area contributed by atoms with E-state index in [1.807, 2.05) is 9.80 Å². The van der Waals surface area contributed by atoms with Crippen molar-refractivity contribution >= 4 is 28.6 Å². The molecule has 2 N–H and O–H groups in total. The summed E-state index contributed by atoms with van der Waals surface area (Å²) >= 11 is 0. The number of aromatic nitrogens is 2. The number of benzene rings is 1. The molecule has 1 unspecified atom stereocenters. The summed E-state index contributed by atoms with van der Waals surface area (Å²) in [6.45, 7) is 2.38. The lowest BCUT2D eigenvalue weighted by molar-refractivity contribution is -0.132. The third kappa shape index (κ3) is 4.02. The van der Waals surface area contributed by atoms with Gasteiger partial charge in [0.15, 0.2) is 17.3 Å². The van der Waals surface area contributed by atoms with Crippen molar-refractivity contribution in [3.8, 4) is 11.5 Å². The number of hydrogen-bond donors (Lipinski definition) is 1. The van der Waals surface area contributed by atoms with Crippen LogP contribution in [-0.4, -0.2) is 61.2 Å². The summed E-state index contributed by atoms with van der Waals surface area (Å²) in [4.78, 5) is 25.7. The molecule has 1 aromatic heterocycles. The van der Waals surface area contributed by atoms with Crippen LogP contribution in [0.4, 0.5) is 16.2 Å². The van der Waals surface area contributed by atoms with Crippen LogP contribution in [0.5, 0.6) is 11.5 Å². The quantitative estimate of drug-likeness (QED) is 0.737. The van der Waals surface area contributed by atoms with Crippen molar-refractivity contribution < 1.29 is 18.7 Å². The van der Waals surface area contributed by atoms with Crippen molar-refractivity contribution in [3.05, 3.63) is 11.9 Å². The number of carbonyl (C=O) groups is 1. The van der Waals surface area contributed by atoms with Crippen molar-refractivity contribution in [2.45, 2.75) is 38.5 Å². The van der Waals surface area contributed by atoms with Gasteiger partial charge in [-0.05, 0) is 36.7 Å². The van der Waals surface area contributed by atoms with Gasteiger partial charge < -0.3 is 25.0 Å². The van der Waals surface area contributed by atoms with E-state index in [4.69, 9.17) is 15.2 Å². The number of nitrogen functional groups attached to an aromatic ring is 1. The number of nitrogens with zero attached hydrogens (tertiary/aromatic N) is 4. The van der Waals surface area contributed by atoms with Crippen LogP contribution in [-0.2, 0) is 4.79 Å². The number of hydrogen-bond acceptors (Lipinski definition) is 7. The minimum Gasteiger partial charge on any atom is -0.493 e. The number of halogens is 1. The first kappa shape index (κ1) is 22.0. The highest BCUT2D eigenvalue weighted by atomic mass is 19.1. The van der Waals surface area contributed by atoms with Gasteiger partial charge in [-0.2, -0.15) is 4.98 Å². The molecule has 1 saturated heterocycles. The minimum atomic E-state index is -0.627. The Hall–Kier alpha value is -2.84. The van der Waals surface area contributed by atoms with Gasteiger partial charge in [-0.3, -0.25) is 4.79 Å². The van der Waals surface area contributed by atoms with Crippen molar-refractivity contribution in [2.24, 2.45) is 17.8 Å². The third-order valence-corrected chi connectivity index (χ3v) is 7.76. The Balaban J connectivity index is 1.26. The van der Waals surface area contributed by atoms with Crippen LogP contribution in [0.25, 0.3) is 10.9 Å². The summed E-state index contributed by atoms with van der Waals surface area (Å²) in [6.07, 6.45) is 7.17. The molecule has 2 aromatic rings. The zero-order valence-electron chi connectivity index (χ0n) is 19.3. The third-order valence-electron chi connectivity index (χ3n) is 7.76. The Kier molecular flexibility index (Phi) is 5.88. The number of fused-ring (bicyclic) bond motifs is 2. The van der Waals surface area contributed by atoms with E-state index in [2.05, 4.69) is 9.97 Å². The van der Waals surface area contributed by atoms with E-state index in [1.165, 1.54) is 46.3 Å². The number of piperazine rings is 1. The van der Waals surface area contributed by atoms with Crippen LogP contribution in [0.2, 0.25) is 0 Å². The van der Waals surface area contributed by atoms with E-state index in [9.17, 15) is 4.79 Å². The van der Waals surface area contributed by atoms with E-state index in [0.717, 1.165) is 11.8 Å². The van der Waals surface area contributed by atoms with E-state index >= 15 is 4.39 Å². The van der Waals surface area contributed by atoms with E-state index < -0.39 is 5.82 Å². The smallest absolute Gasteiger partial charge is 0.228 e. The molecule has 1 aromatic carbocycles. The predicted molar refractivity (Wildman–Crippen MR) is 124 cm³/mol. The molecular weight excluding hydrogens is 425 g/mol. The molecule has 2 aliphatic carbocycles. The lowest BCUT2D eigenvalue weighted by Gasteiger charge is -2.35. The minimum absolute atomic E-state index is 0.0134. The number of ether oxygens (including phenoxy) is 2. The summed E-state index contributed by atoms with van der Waals surface area (Å²) in [5.41, 5.74) is 6.25. The number of nitrogens with two attached hydrogens (primary N) is 1. The fraction of sp³-hybridized carbons (Fsp3) is 0.625. The average Bonchev–Trinajstić information content (AvgIpc) is 3.41. The lowest BCUT2D eigenvalue weighted by Crippen LogP contribution is -2.49. The first-order valence-electron chi connectivity index (χ1n) is 11.9. The van der Waals surface area contributed by atoms with Crippen molar-refractivity contribution in [1.82, 2.24) is 14.9 Å². The monoisotopic (exact) mass is 457 g/mol. The Morgan fingerprint density at radius 1 is 1.12 bits per heavy atom. The van der Waals surface area contributed by atoms with Crippen LogP contribution >= 0.6 is 0 Å². The largest absolute Gasteiger partial charge is 0.493 e. The van der Waals surface area contributed by atoms with Gasteiger partial charge in [0.25, 0.3) is 0 Å². The zero-order valence-corrected chi connectivity index (χ0v) is 19.3. The Morgan fingerprint density at radius 3 is 2.45 bits per heavy atom. The molecule has 5 rings (SSSR count). The van der Waals surface area contributed by atoms with Gasteiger partial charge in [0.05, 0.1) is 14.2 Å². The highest BCUT2D eigenvalue weighted by Gasteiger charge is 2.38. The van der Waals surface area contributed by atoms with Crippen LogP contribution in [0.15, 0.2) is 6.07 Å². The van der Waals surface area contributed by atoms with Crippen LogP contribution < -0.4 is 20.1 Å². The molecule has 0 spiro atoms. The molecule has 0 bridgehead atoms. The fourth-order valence-corrected chi connectivity index (χ4v) is 6.07. The van der Waals surface area contributed by atoms with Crippen LogP contribution in [0, 0.1) is 23.6 Å². The molecule has 9 heteroatoms. The molecule has 0 radical (unpaired) electrons. The highest BCUT2D eigenvalue weighted by Crippen LogP contribution is 2.47. The molecule has 3 atom stereocenters. The zero-order chi connectivity index (χ0) is 23.1.